The first-order valence-corrected chi connectivity index (χ1v) is 9.70. The first-order chi connectivity index (χ1) is 13.3. The number of fused-ring (bicyclic) bond motifs is 2. The Kier molecular flexibility index (Phi) is 4.61. The van der Waals surface area contributed by atoms with Gasteiger partial charge >= 0.3 is 0 Å². The Balaban J connectivity index is 1.91. The van der Waals surface area contributed by atoms with Gasteiger partial charge in [0.25, 0.3) is 0 Å². The van der Waals surface area contributed by atoms with Gasteiger partial charge in [0.15, 0.2) is 17.5 Å². The van der Waals surface area contributed by atoms with E-state index in [0.717, 1.165) is 4.90 Å². The molecule has 1 unspecified atom stereocenters. The summed E-state index contributed by atoms with van der Waals surface area (Å²) in [5.74, 6) is -5.24. The summed E-state index contributed by atoms with van der Waals surface area (Å²) >= 11 is 0. The monoisotopic (exact) mass is 395 g/mol. The molecule has 4 rings (SSSR count). The summed E-state index contributed by atoms with van der Waals surface area (Å²) in [4.78, 5) is 15.5. The molecule has 1 amide bonds. The number of nitrogens with zero attached hydrogens (tertiary/aromatic N) is 1. The normalized spacial score (nSPS) is 25.4. The van der Waals surface area contributed by atoms with Gasteiger partial charge in [0.2, 0.25) is 5.91 Å². The average molecular weight is 395 g/mol. The van der Waals surface area contributed by atoms with E-state index in [-0.39, 0.29) is 40.6 Å². The van der Waals surface area contributed by atoms with Crippen LogP contribution in [0.1, 0.15) is 37.0 Å². The highest BCUT2D eigenvalue weighted by Crippen LogP contribution is 2.49. The summed E-state index contributed by atoms with van der Waals surface area (Å²) < 4.78 is 57.9. The van der Waals surface area contributed by atoms with Crippen molar-refractivity contribution < 1.29 is 27.3 Å². The van der Waals surface area contributed by atoms with Crippen molar-refractivity contribution in [1.29, 1.82) is 0 Å². The van der Waals surface area contributed by atoms with E-state index in [1.807, 2.05) is 20.9 Å². The number of halogens is 4. The van der Waals surface area contributed by atoms with Gasteiger partial charge in [0, 0.05) is 42.6 Å². The summed E-state index contributed by atoms with van der Waals surface area (Å²) in [5.41, 5.74) is 0.734. The minimum atomic E-state index is -1.57. The molecule has 0 saturated carbocycles. The molecule has 0 saturated heterocycles. The van der Waals surface area contributed by atoms with E-state index in [9.17, 15) is 22.4 Å². The van der Waals surface area contributed by atoms with E-state index >= 15 is 0 Å². The Bertz CT molecular complexity index is 933. The molecule has 1 N–H and O–H groups in total. The van der Waals surface area contributed by atoms with Crippen LogP contribution in [0.5, 0.6) is 0 Å². The molecule has 0 fully saturated rings. The van der Waals surface area contributed by atoms with Crippen molar-refractivity contribution in [3.63, 3.8) is 0 Å². The van der Waals surface area contributed by atoms with Gasteiger partial charge < -0.3 is 9.80 Å². The molecule has 1 aromatic carbocycles. The number of amides is 1. The van der Waals surface area contributed by atoms with E-state index in [1.54, 1.807) is 11.0 Å². The SMILES string of the molecule is CCN(CC)C(=O)[C@@H]1C=C2c3c(F)c(F)c(F)c4c3C(=C(F)C4)C[C@H]2[NH+](C)C1. The number of allylic oxidation sites excluding steroid dienone is 1. The van der Waals surface area contributed by atoms with Gasteiger partial charge in [-0.3, -0.25) is 4.79 Å². The standard InChI is InChI=1S/C21H22F4N2O/c1-4-27(5-2)21(28)10-6-12-15(26(3)9-10)8-11-14(22)7-13-16(11)17(12)19(24)20(25)18(13)23/h6,10,15H,4-5,7-9H2,1-3H3/p+1/t10-,15-/m1/s1. The fourth-order valence-electron chi connectivity index (χ4n) is 4.91. The smallest absolute Gasteiger partial charge is 0.235 e. The van der Waals surface area contributed by atoms with Crippen molar-refractivity contribution >= 4 is 17.1 Å². The number of likely N-dealkylation sites (N-methyl/N-ethyl adjacent to an activating group) is 1. The molecule has 0 bridgehead atoms. The number of carbonyl (C=O) groups is 1. The number of quaternary nitrogens is 1. The Morgan fingerprint density at radius 3 is 2.43 bits per heavy atom. The first kappa shape index (κ1) is 19.2. The number of rotatable bonds is 3. The minimum Gasteiger partial charge on any atom is -0.343 e. The molecule has 2 aliphatic carbocycles. The Hall–Kier alpha value is -2.15. The maximum Gasteiger partial charge on any atom is 0.235 e. The van der Waals surface area contributed by atoms with Crippen molar-refractivity contribution in [3.8, 4) is 0 Å². The molecule has 1 aliphatic heterocycles. The zero-order valence-electron chi connectivity index (χ0n) is 16.1. The van der Waals surface area contributed by atoms with E-state index in [0.29, 0.717) is 31.6 Å². The van der Waals surface area contributed by atoms with Crippen LogP contribution >= 0.6 is 0 Å². The predicted molar refractivity (Wildman–Crippen MR) is 97.6 cm³/mol. The minimum absolute atomic E-state index is 0.0656. The lowest BCUT2D eigenvalue weighted by Gasteiger charge is -2.39. The van der Waals surface area contributed by atoms with Crippen LogP contribution in [0.25, 0.3) is 11.1 Å². The van der Waals surface area contributed by atoms with Crippen LogP contribution in [0, 0.1) is 23.4 Å². The molecule has 3 aliphatic rings. The lowest BCUT2D eigenvalue weighted by atomic mass is 9.76. The average Bonchev–Trinajstić information content (AvgIpc) is 3.01. The highest BCUT2D eigenvalue weighted by molar-refractivity contribution is 5.93. The van der Waals surface area contributed by atoms with Crippen molar-refractivity contribution in [2.45, 2.75) is 32.7 Å². The van der Waals surface area contributed by atoms with Crippen LogP contribution in [0.4, 0.5) is 17.6 Å². The maximum atomic E-state index is 14.9. The highest BCUT2D eigenvalue weighted by atomic mass is 19.2. The van der Waals surface area contributed by atoms with Crippen molar-refractivity contribution in [1.82, 2.24) is 4.90 Å². The third-order valence-corrected chi connectivity index (χ3v) is 6.36. The summed E-state index contributed by atoms with van der Waals surface area (Å²) in [5, 5.41) is 0. The zero-order valence-corrected chi connectivity index (χ0v) is 16.1. The molecule has 3 nitrogen and oxygen atoms in total. The molecule has 28 heavy (non-hydrogen) atoms. The van der Waals surface area contributed by atoms with Gasteiger partial charge in [0.1, 0.15) is 17.8 Å². The second-order valence-electron chi connectivity index (χ2n) is 7.78. The van der Waals surface area contributed by atoms with Crippen LogP contribution in [0.2, 0.25) is 0 Å². The summed E-state index contributed by atoms with van der Waals surface area (Å²) in [7, 11) is 1.87. The fraction of sp³-hybridized carbons (Fsp3) is 0.476. The largest absolute Gasteiger partial charge is 0.343 e. The van der Waals surface area contributed by atoms with Crippen LogP contribution in [-0.2, 0) is 11.2 Å². The maximum absolute atomic E-state index is 14.9. The lowest BCUT2D eigenvalue weighted by Crippen LogP contribution is -3.14. The Morgan fingerprint density at radius 1 is 1.11 bits per heavy atom. The second kappa shape index (κ2) is 6.72. The molecule has 0 aromatic heterocycles. The molecule has 1 heterocycles. The van der Waals surface area contributed by atoms with E-state index < -0.39 is 29.2 Å². The number of hydrogen-bond acceptors (Lipinski definition) is 1. The van der Waals surface area contributed by atoms with Crippen molar-refractivity contribution in [2.24, 2.45) is 5.92 Å². The van der Waals surface area contributed by atoms with Gasteiger partial charge in [0.05, 0.1) is 13.6 Å². The number of benzene rings is 1. The molecular formula is C21H23F4N2O+. The molecule has 7 heteroatoms. The predicted octanol–water partition coefficient (Wildman–Crippen LogP) is 2.51. The molecule has 150 valence electrons. The highest BCUT2D eigenvalue weighted by Gasteiger charge is 2.46. The van der Waals surface area contributed by atoms with E-state index in [4.69, 9.17) is 0 Å². The van der Waals surface area contributed by atoms with Gasteiger partial charge in [-0.15, -0.1) is 0 Å². The third kappa shape index (κ3) is 2.55. The molecule has 1 aromatic rings. The van der Waals surface area contributed by atoms with Crippen molar-refractivity contribution in [2.75, 3.05) is 26.7 Å². The van der Waals surface area contributed by atoms with E-state index in [2.05, 4.69) is 0 Å². The van der Waals surface area contributed by atoms with Crippen LogP contribution < -0.4 is 4.90 Å². The van der Waals surface area contributed by atoms with Crippen LogP contribution in [-0.4, -0.2) is 43.5 Å². The molecule has 0 spiro atoms. The van der Waals surface area contributed by atoms with Gasteiger partial charge in [-0.2, -0.15) is 0 Å². The van der Waals surface area contributed by atoms with Crippen LogP contribution in [0.3, 0.4) is 0 Å². The number of hydrogen-bond donors (Lipinski definition) is 1. The molecule has 3 atom stereocenters. The Labute approximate surface area is 161 Å². The quantitative estimate of drug-likeness (QED) is 0.618. The number of carbonyl (C=O) groups excluding carboxylic acids is 1. The summed E-state index contributed by atoms with van der Waals surface area (Å²) in [6.07, 6.45) is 1.64. The lowest BCUT2D eigenvalue weighted by molar-refractivity contribution is -0.899. The third-order valence-electron chi connectivity index (χ3n) is 6.36. The van der Waals surface area contributed by atoms with E-state index in [1.165, 1.54) is 0 Å². The second-order valence-corrected chi connectivity index (χ2v) is 7.78. The van der Waals surface area contributed by atoms with Crippen LogP contribution in [0.15, 0.2) is 11.9 Å². The van der Waals surface area contributed by atoms with Gasteiger partial charge in [-0.1, -0.05) is 6.08 Å². The zero-order chi connectivity index (χ0) is 20.3. The molecule has 0 radical (unpaired) electrons. The van der Waals surface area contributed by atoms with Gasteiger partial charge in [-0.25, -0.2) is 17.6 Å². The summed E-state index contributed by atoms with van der Waals surface area (Å²) in [6.45, 7) is 5.39. The first-order valence-electron chi connectivity index (χ1n) is 9.70. The topological polar surface area (TPSA) is 24.8 Å². The summed E-state index contributed by atoms with van der Waals surface area (Å²) in [6, 6.07) is -0.292. The van der Waals surface area contributed by atoms with Gasteiger partial charge in [-0.05, 0) is 25.0 Å². The fourth-order valence-corrected chi connectivity index (χ4v) is 4.91. The molecular weight excluding hydrogens is 372 g/mol. The Morgan fingerprint density at radius 2 is 1.79 bits per heavy atom. The number of nitrogens with one attached hydrogen (secondary N) is 1. The van der Waals surface area contributed by atoms with Crippen molar-refractivity contribution in [3.05, 3.63) is 46.0 Å².